The lowest BCUT2D eigenvalue weighted by Crippen LogP contribution is -2.47. The summed E-state index contributed by atoms with van der Waals surface area (Å²) >= 11 is 1.60. The molecule has 2 amide bonds. The van der Waals surface area contributed by atoms with Gasteiger partial charge in [0.25, 0.3) is 0 Å². The molecule has 2 aliphatic rings. The van der Waals surface area contributed by atoms with E-state index in [0.717, 1.165) is 31.6 Å². The van der Waals surface area contributed by atoms with Gasteiger partial charge in [0.2, 0.25) is 0 Å². The Balaban J connectivity index is 1.47. The number of nitrogens with one attached hydrogen (secondary N) is 1. The number of hydrogen-bond acceptors (Lipinski definition) is 4. The van der Waals surface area contributed by atoms with Crippen molar-refractivity contribution in [2.45, 2.75) is 44.6 Å². The summed E-state index contributed by atoms with van der Waals surface area (Å²) < 4.78 is 0. The number of hydrogen-bond donors (Lipinski definition) is 1. The molecule has 1 N–H and O–H groups in total. The standard InChI is InChI=1S/C16H26N4OS/c21-16(17-7-6-14-12-22-13-18-14)20-10-2-1-5-15(11-20)19-8-3-4-9-19/h12-13,15H,1-11H2,(H,17,21). The Kier molecular flexibility index (Phi) is 5.67. The third kappa shape index (κ3) is 4.20. The number of likely N-dealkylation sites (tertiary alicyclic amines) is 2. The molecular formula is C16H26N4OS. The summed E-state index contributed by atoms with van der Waals surface area (Å²) in [5.74, 6) is 0. The normalized spacial score (nSPS) is 23.5. The third-order valence-corrected chi connectivity index (χ3v) is 5.37. The highest BCUT2D eigenvalue weighted by atomic mass is 32.1. The van der Waals surface area contributed by atoms with Crippen LogP contribution in [0.1, 0.15) is 37.8 Å². The van der Waals surface area contributed by atoms with Gasteiger partial charge in [-0.3, -0.25) is 4.90 Å². The summed E-state index contributed by atoms with van der Waals surface area (Å²) in [7, 11) is 0. The minimum absolute atomic E-state index is 0.0985. The molecule has 2 aliphatic heterocycles. The van der Waals surface area contributed by atoms with Crippen molar-refractivity contribution < 1.29 is 4.79 Å². The van der Waals surface area contributed by atoms with E-state index in [9.17, 15) is 4.79 Å². The van der Waals surface area contributed by atoms with Gasteiger partial charge in [-0.25, -0.2) is 9.78 Å². The average molecular weight is 322 g/mol. The van der Waals surface area contributed by atoms with Gasteiger partial charge in [0.1, 0.15) is 0 Å². The van der Waals surface area contributed by atoms with E-state index in [2.05, 4.69) is 15.2 Å². The van der Waals surface area contributed by atoms with Crippen molar-refractivity contribution in [1.82, 2.24) is 20.1 Å². The molecule has 0 aromatic carbocycles. The quantitative estimate of drug-likeness (QED) is 0.926. The Morgan fingerprint density at radius 2 is 2.09 bits per heavy atom. The van der Waals surface area contributed by atoms with Gasteiger partial charge >= 0.3 is 6.03 Å². The van der Waals surface area contributed by atoms with Crippen molar-refractivity contribution in [3.05, 3.63) is 16.6 Å². The summed E-state index contributed by atoms with van der Waals surface area (Å²) in [4.78, 5) is 21.3. The number of carbonyl (C=O) groups excluding carboxylic acids is 1. The molecule has 3 heterocycles. The van der Waals surface area contributed by atoms with Crippen LogP contribution in [-0.4, -0.2) is 59.6 Å². The molecule has 0 bridgehead atoms. The van der Waals surface area contributed by atoms with E-state index in [4.69, 9.17) is 0 Å². The zero-order chi connectivity index (χ0) is 15.2. The molecule has 2 saturated heterocycles. The molecule has 0 saturated carbocycles. The fourth-order valence-corrected chi connectivity index (χ4v) is 4.07. The second kappa shape index (κ2) is 7.92. The van der Waals surface area contributed by atoms with Gasteiger partial charge in [-0.1, -0.05) is 6.42 Å². The van der Waals surface area contributed by atoms with Crippen molar-refractivity contribution in [3.8, 4) is 0 Å². The summed E-state index contributed by atoms with van der Waals surface area (Å²) in [5, 5.41) is 5.11. The van der Waals surface area contributed by atoms with Crippen LogP contribution < -0.4 is 5.32 Å². The molecular weight excluding hydrogens is 296 g/mol. The van der Waals surface area contributed by atoms with Crippen molar-refractivity contribution in [1.29, 1.82) is 0 Å². The number of rotatable bonds is 4. The van der Waals surface area contributed by atoms with E-state index in [1.165, 1.54) is 38.8 Å². The van der Waals surface area contributed by atoms with Crippen LogP contribution in [0, 0.1) is 0 Å². The maximum atomic E-state index is 12.4. The monoisotopic (exact) mass is 322 g/mol. The van der Waals surface area contributed by atoms with Crippen LogP contribution in [0.25, 0.3) is 0 Å². The zero-order valence-electron chi connectivity index (χ0n) is 13.2. The summed E-state index contributed by atoms with van der Waals surface area (Å²) in [6, 6.07) is 0.663. The van der Waals surface area contributed by atoms with Crippen LogP contribution >= 0.6 is 11.3 Å². The molecule has 0 aliphatic carbocycles. The van der Waals surface area contributed by atoms with Crippen molar-refractivity contribution in [2.24, 2.45) is 0 Å². The van der Waals surface area contributed by atoms with Gasteiger partial charge in [0.15, 0.2) is 0 Å². The predicted octanol–water partition coefficient (Wildman–Crippen LogP) is 2.35. The predicted molar refractivity (Wildman–Crippen MR) is 89.2 cm³/mol. The van der Waals surface area contributed by atoms with Crippen LogP contribution in [-0.2, 0) is 6.42 Å². The number of urea groups is 1. The molecule has 2 fully saturated rings. The van der Waals surface area contributed by atoms with Crippen LogP contribution in [0.2, 0.25) is 0 Å². The van der Waals surface area contributed by atoms with E-state index in [-0.39, 0.29) is 6.03 Å². The first-order chi connectivity index (χ1) is 10.8. The topological polar surface area (TPSA) is 48.5 Å². The highest BCUT2D eigenvalue weighted by Gasteiger charge is 2.27. The van der Waals surface area contributed by atoms with E-state index in [1.807, 2.05) is 15.8 Å². The van der Waals surface area contributed by atoms with E-state index >= 15 is 0 Å². The molecule has 1 aromatic heterocycles. The molecule has 3 rings (SSSR count). The number of thiazole rings is 1. The number of aromatic nitrogens is 1. The number of amides is 2. The lowest BCUT2D eigenvalue weighted by molar-refractivity contribution is 0.166. The van der Waals surface area contributed by atoms with Crippen molar-refractivity contribution in [3.63, 3.8) is 0 Å². The Morgan fingerprint density at radius 3 is 2.86 bits per heavy atom. The van der Waals surface area contributed by atoms with Crippen LogP contribution in [0.3, 0.4) is 0 Å². The second-order valence-electron chi connectivity index (χ2n) is 6.30. The fraction of sp³-hybridized carbons (Fsp3) is 0.750. The summed E-state index contributed by atoms with van der Waals surface area (Å²) in [6.45, 7) is 4.89. The summed E-state index contributed by atoms with van der Waals surface area (Å²) in [6.07, 6.45) is 7.06. The van der Waals surface area contributed by atoms with Crippen molar-refractivity contribution >= 4 is 17.4 Å². The largest absolute Gasteiger partial charge is 0.338 e. The van der Waals surface area contributed by atoms with Gasteiger partial charge in [-0.05, 0) is 38.8 Å². The van der Waals surface area contributed by atoms with Crippen LogP contribution in [0.5, 0.6) is 0 Å². The van der Waals surface area contributed by atoms with Gasteiger partial charge in [-0.2, -0.15) is 0 Å². The number of carbonyl (C=O) groups is 1. The molecule has 22 heavy (non-hydrogen) atoms. The Morgan fingerprint density at radius 1 is 1.27 bits per heavy atom. The molecule has 1 atom stereocenters. The van der Waals surface area contributed by atoms with E-state index in [0.29, 0.717) is 12.6 Å². The smallest absolute Gasteiger partial charge is 0.317 e. The molecule has 1 aromatic rings. The minimum atomic E-state index is 0.0985. The van der Waals surface area contributed by atoms with Gasteiger partial charge in [-0.15, -0.1) is 11.3 Å². The van der Waals surface area contributed by atoms with Crippen LogP contribution in [0.15, 0.2) is 10.9 Å². The minimum Gasteiger partial charge on any atom is -0.338 e. The Hall–Kier alpha value is -1.14. The van der Waals surface area contributed by atoms with Crippen molar-refractivity contribution in [2.75, 3.05) is 32.7 Å². The molecule has 0 spiro atoms. The first-order valence-electron chi connectivity index (χ1n) is 8.47. The summed E-state index contributed by atoms with van der Waals surface area (Å²) in [5.41, 5.74) is 2.91. The first-order valence-corrected chi connectivity index (χ1v) is 9.41. The lowest BCUT2D eigenvalue weighted by atomic mass is 10.1. The molecule has 1 unspecified atom stereocenters. The van der Waals surface area contributed by atoms with Gasteiger partial charge in [0, 0.05) is 37.5 Å². The maximum absolute atomic E-state index is 12.4. The van der Waals surface area contributed by atoms with E-state index in [1.54, 1.807) is 11.3 Å². The second-order valence-corrected chi connectivity index (χ2v) is 7.02. The number of nitrogens with zero attached hydrogens (tertiary/aromatic N) is 3. The molecule has 6 heteroatoms. The molecule has 122 valence electrons. The average Bonchev–Trinajstić information content (AvgIpc) is 3.18. The third-order valence-electron chi connectivity index (χ3n) is 4.73. The Labute approximate surface area is 136 Å². The van der Waals surface area contributed by atoms with Gasteiger partial charge in [0.05, 0.1) is 11.2 Å². The SMILES string of the molecule is O=C(NCCc1cscn1)N1CCCCC(N2CCCC2)C1. The lowest BCUT2D eigenvalue weighted by Gasteiger charge is -2.30. The highest BCUT2D eigenvalue weighted by Crippen LogP contribution is 2.20. The Bertz CT molecular complexity index is 459. The highest BCUT2D eigenvalue weighted by molar-refractivity contribution is 7.07. The van der Waals surface area contributed by atoms with E-state index < -0.39 is 0 Å². The zero-order valence-corrected chi connectivity index (χ0v) is 14.0. The van der Waals surface area contributed by atoms with Crippen LogP contribution in [0.4, 0.5) is 4.79 Å². The molecule has 0 radical (unpaired) electrons. The maximum Gasteiger partial charge on any atom is 0.317 e. The van der Waals surface area contributed by atoms with Gasteiger partial charge < -0.3 is 10.2 Å². The fourth-order valence-electron chi connectivity index (χ4n) is 3.48. The molecule has 5 nitrogen and oxygen atoms in total. The first kappa shape index (κ1) is 15.7.